The number of alkyl halides is 3. The lowest BCUT2D eigenvalue weighted by Gasteiger charge is -2.08. The van der Waals surface area contributed by atoms with Crippen LogP contribution in [0.25, 0.3) is 0 Å². The van der Waals surface area contributed by atoms with Crippen molar-refractivity contribution >= 4 is 23.2 Å². The molecule has 0 aromatic carbocycles. The number of hydrogen-bond donors (Lipinski definition) is 1. The van der Waals surface area contributed by atoms with Crippen molar-refractivity contribution in [2.24, 2.45) is 0 Å². The number of halogens is 4. The molecule has 0 aliphatic rings. The van der Waals surface area contributed by atoms with Crippen LogP contribution in [-0.4, -0.2) is 15.9 Å². The van der Waals surface area contributed by atoms with E-state index in [2.05, 4.69) is 15.3 Å². The average Bonchev–Trinajstić information content (AvgIpc) is 2.40. The van der Waals surface area contributed by atoms with Gasteiger partial charge in [0.2, 0.25) is 0 Å². The maximum atomic E-state index is 12.4. The molecule has 0 atom stereocenters. The van der Waals surface area contributed by atoms with Gasteiger partial charge in [-0.1, -0.05) is 11.6 Å². The first-order chi connectivity index (χ1) is 9.38. The molecule has 1 N–H and O–H groups in total. The van der Waals surface area contributed by atoms with Crippen LogP contribution in [0.2, 0.25) is 5.02 Å². The predicted molar refractivity (Wildman–Crippen MR) is 66.4 cm³/mol. The molecule has 0 aliphatic heterocycles. The number of rotatable bonds is 2. The Hall–Kier alpha value is -2.15. The van der Waals surface area contributed by atoms with Gasteiger partial charge < -0.3 is 5.32 Å². The van der Waals surface area contributed by atoms with Crippen LogP contribution in [0.5, 0.6) is 0 Å². The number of nitrogens with zero attached hydrogens (tertiary/aromatic N) is 2. The Morgan fingerprint density at radius 3 is 2.50 bits per heavy atom. The van der Waals surface area contributed by atoms with Crippen LogP contribution in [-0.2, 0) is 6.18 Å². The number of nitrogens with one attached hydrogen (secondary N) is 1. The molecule has 0 fully saturated rings. The van der Waals surface area contributed by atoms with Gasteiger partial charge >= 0.3 is 6.18 Å². The number of carbonyl (C=O) groups is 1. The van der Waals surface area contributed by atoms with Crippen molar-refractivity contribution in [3.8, 4) is 0 Å². The summed E-state index contributed by atoms with van der Waals surface area (Å²) < 4.78 is 37.1. The lowest BCUT2D eigenvalue weighted by atomic mass is 10.2. The van der Waals surface area contributed by atoms with Gasteiger partial charge in [-0.15, -0.1) is 0 Å². The first-order valence-electron chi connectivity index (χ1n) is 5.32. The minimum Gasteiger partial charge on any atom is -0.318 e. The SMILES string of the molecule is O=C(Nc1cnccc1Cl)c1ccc(C(F)(F)F)cn1. The minimum absolute atomic E-state index is 0.155. The van der Waals surface area contributed by atoms with Gasteiger partial charge in [-0.05, 0) is 18.2 Å². The second-order valence-corrected chi connectivity index (χ2v) is 4.15. The van der Waals surface area contributed by atoms with Gasteiger partial charge in [0.1, 0.15) is 5.69 Å². The zero-order chi connectivity index (χ0) is 14.8. The average molecular weight is 302 g/mol. The van der Waals surface area contributed by atoms with Crippen LogP contribution in [0.4, 0.5) is 18.9 Å². The van der Waals surface area contributed by atoms with E-state index >= 15 is 0 Å². The molecule has 1 amide bonds. The second kappa shape index (κ2) is 5.46. The van der Waals surface area contributed by atoms with Crippen molar-refractivity contribution in [3.63, 3.8) is 0 Å². The van der Waals surface area contributed by atoms with Gasteiger partial charge in [0, 0.05) is 12.4 Å². The maximum Gasteiger partial charge on any atom is 0.417 e. The Labute approximate surface area is 116 Å². The molecule has 0 saturated heterocycles. The molecule has 0 saturated carbocycles. The van der Waals surface area contributed by atoms with Crippen LogP contribution >= 0.6 is 11.6 Å². The van der Waals surface area contributed by atoms with E-state index in [9.17, 15) is 18.0 Å². The monoisotopic (exact) mass is 301 g/mol. The van der Waals surface area contributed by atoms with Crippen LogP contribution in [0.3, 0.4) is 0 Å². The van der Waals surface area contributed by atoms with Crippen molar-refractivity contribution in [2.45, 2.75) is 6.18 Å². The number of anilines is 1. The van der Waals surface area contributed by atoms with E-state index in [1.54, 1.807) is 0 Å². The third-order valence-electron chi connectivity index (χ3n) is 2.34. The van der Waals surface area contributed by atoms with Crippen molar-refractivity contribution in [1.29, 1.82) is 0 Å². The molecule has 2 aromatic rings. The van der Waals surface area contributed by atoms with Gasteiger partial charge in [-0.3, -0.25) is 14.8 Å². The maximum absolute atomic E-state index is 12.4. The molecule has 0 radical (unpaired) electrons. The van der Waals surface area contributed by atoms with E-state index in [-0.39, 0.29) is 16.4 Å². The van der Waals surface area contributed by atoms with Crippen LogP contribution in [0.15, 0.2) is 36.8 Å². The second-order valence-electron chi connectivity index (χ2n) is 3.74. The molecular formula is C12H7ClF3N3O. The topological polar surface area (TPSA) is 54.9 Å². The van der Waals surface area contributed by atoms with E-state index in [1.807, 2.05) is 0 Å². The molecule has 0 unspecified atom stereocenters. The fourth-order valence-corrected chi connectivity index (χ4v) is 1.50. The van der Waals surface area contributed by atoms with Gasteiger partial charge in [0.05, 0.1) is 22.5 Å². The predicted octanol–water partition coefficient (Wildman–Crippen LogP) is 3.40. The third kappa shape index (κ3) is 3.24. The highest BCUT2D eigenvalue weighted by Gasteiger charge is 2.30. The van der Waals surface area contributed by atoms with E-state index in [0.717, 1.165) is 12.1 Å². The van der Waals surface area contributed by atoms with Crippen LogP contribution < -0.4 is 5.32 Å². The van der Waals surface area contributed by atoms with Gasteiger partial charge in [-0.25, -0.2) is 0 Å². The van der Waals surface area contributed by atoms with Crippen molar-refractivity contribution < 1.29 is 18.0 Å². The Balaban J connectivity index is 2.16. The molecule has 20 heavy (non-hydrogen) atoms. The molecule has 2 aromatic heterocycles. The molecule has 104 valence electrons. The van der Waals surface area contributed by atoms with Crippen molar-refractivity contribution in [1.82, 2.24) is 9.97 Å². The lowest BCUT2D eigenvalue weighted by molar-refractivity contribution is -0.137. The number of pyridine rings is 2. The summed E-state index contributed by atoms with van der Waals surface area (Å²) in [5.41, 5.74) is -0.827. The van der Waals surface area contributed by atoms with E-state index in [1.165, 1.54) is 18.5 Å². The highest BCUT2D eigenvalue weighted by Crippen LogP contribution is 2.28. The summed E-state index contributed by atoms with van der Waals surface area (Å²) in [6.45, 7) is 0. The first kappa shape index (κ1) is 14.3. The quantitative estimate of drug-likeness (QED) is 0.925. The zero-order valence-corrected chi connectivity index (χ0v) is 10.5. The zero-order valence-electron chi connectivity index (χ0n) is 9.78. The Morgan fingerprint density at radius 1 is 1.20 bits per heavy atom. The summed E-state index contributed by atoms with van der Waals surface area (Å²) in [5, 5.41) is 2.67. The largest absolute Gasteiger partial charge is 0.417 e. The Bertz CT molecular complexity index is 629. The normalized spacial score (nSPS) is 11.2. The molecule has 0 aliphatic carbocycles. The smallest absolute Gasteiger partial charge is 0.318 e. The summed E-state index contributed by atoms with van der Waals surface area (Å²) in [7, 11) is 0. The summed E-state index contributed by atoms with van der Waals surface area (Å²) in [5.74, 6) is -0.673. The highest BCUT2D eigenvalue weighted by molar-refractivity contribution is 6.33. The molecule has 2 rings (SSSR count). The molecule has 0 bridgehead atoms. The van der Waals surface area contributed by atoms with E-state index < -0.39 is 17.6 Å². The fraction of sp³-hybridized carbons (Fsp3) is 0.0833. The molecule has 0 spiro atoms. The number of hydrogen-bond acceptors (Lipinski definition) is 3. The van der Waals surface area contributed by atoms with E-state index in [4.69, 9.17) is 11.6 Å². The summed E-state index contributed by atoms with van der Waals surface area (Å²) in [4.78, 5) is 19.0. The van der Waals surface area contributed by atoms with Gasteiger partial charge in [-0.2, -0.15) is 13.2 Å². The summed E-state index contributed by atoms with van der Waals surface area (Å²) in [6, 6.07) is 3.24. The van der Waals surface area contributed by atoms with Gasteiger partial charge in [0.25, 0.3) is 5.91 Å². The lowest BCUT2D eigenvalue weighted by Crippen LogP contribution is -2.15. The molecule has 8 heteroatoms. The molecule has 4 nitrogen and oxygen atoms in total. The minimum atomic E-state index is -4.49. The van der Waals surface area contributed by atoms with E-state index in [0.29, 0.717) is 6.20 Å². The number of carbonyl (C=O) groups excluding carboxylic acids is 1. The highest BCUT2D eigenvalue weighted by atomic mass is 35.5. The van der Waals surface area contributed by atoms with Crippen LogP contribution in [0, 0.1) is 0 Å². The Kier molecular flexibility index (Phi) is 3.89. The van der Waals surface area contributed by atoms with Crippen molar-refractivity contribution in [2.75, 3.05) is 5.32 Å². The first-order valence-corrected chi connectivity index (χ1v) is 5.70. The molecule has 2 heterocycles. The van der Waals surface area contributed by atoms with Gasteiger partial charge in [0.15, 0.2) is 0 Å². The third-order valence-corrected chi connectivity index (χ3v) is 2.67. The summed E-state index contributed by atoms with van der Waals surface area (Å²) >= 11 is 5.82. The number of amides is 1. The number of aromatic nitrogens is 2. The van der Waals surface area contributed by atoms with Crippen LogP contribution in [0.1, 0.15) is 16.1 Å². The Morgan fingerprint density at radius 2 is 1.95 bits per heavy atom. The van der Waals surface area contributed by atoms with Crippen molar-refractivity contribution in [3.05, 3.63) is 53.1 Å². The fourth-order valence-electron chi connectivity index (χ4n) is 1.35. The summed E-state index contributed by atoms with van der Waals surface area (Å²) in [6.07, 6.45) is -1.13. The molecular weight excluding hydrogens is 295 g/mol. The standard InChI is InChI=1S/C12H7ClF3N3O/c13-8-3-4-17-6-10(8)19-11(20)9-2-1-7(5-18-9)12(14,15)16/h1-6H,(H,19,20).